The van der Waals surface area contributed by atoms with Gasteiger partial charge >= 0.3 is 0 Å². The van der Waals surface area contributed by atoms with Crippen molar-refractivity contribution in [3.63, 3.8) is 0 Å². The molecule has 0 bridgehead atoms. The fraction of sp³-hybridized carbons (Fsp3) is 0.684. The van der Waals surface area contributed by atoms with E-state index in [-0.39, 0.29) is 6.10 Å². The van der Waals surface area contributed by atoms with Crippen molar-refractivity contribution in [3.05, 3.63) is 29.8 Å². The van der Waals surface area contributed by atoms with E-state index < -0.39 is 6.10 Å². The smallest absolute Gasteiger partial charge is 0.0900 e. The molecule has 2 heterocycles. The van der Waals surface area contributed by atoms with Gasteiger partial charge in [0.1, 0.15) is 0 Å². The highest BCUT2D eigenvalue weighted by Crippen LogP contribution is 2.20. The zero-order chi connectivity index (χ0) is 16.8. The lowest BCUT2D eigenvalue weighted by Crippen LogP contribution is -2.49. The van der Waals surface area contributed by atoms with Crippen molar-refractivity contribution in [3.8, 4) is 0 Å². The summed E-state index contributed by atoms with van der Waals surface area (Å²) in [5.74, 6) is 0. The lowest BCUT2D eigenvalue weighted by Gasteiger charge is -2.37. The van der Waals surface area contributed by atoms with Gasteiger partial charge in [-0.1, -0.05) is 18.2 Å². The monoisotopic (exact) mass is 334 g/mol. The maximum atomic E-state index is 10.2. The number of rotatable bonds is 7. The Balaban J connectivity index is 1.35. The van der Waals surface area contributed by atoms with Crippen LogP contribution in [0.3, 0.4) is 0 Å². The molecule has 5 nitrogen and oxygen atoms in total. The molecule has 2 saturated heterocycles. The molecular formula is C19H30N2O3. The van der Waals surface area contributed by atoms with Gasteiger partial charge in [-0.05, 0) is 31.4 Å². The minimum atomic E-state index is -0.420. The van der Waals surface area contributed by atoms with Gasteiger partial charge in [0.05, 0.1) is 25.4 Å². The Kier molecular flexibility index (Phi) is 6.49. The fourth-order valence-corrected chi connectivity index (χ4v) is 3.55. The molecule has 2 unspecified atom stereocenters. The summed E-state index contributed by atoms with van der Waals surface area (Å²) in [5, 5.41) is 10.2. The molecule has 1 N–H and O–H groups in total. The van der Waals surface area contributed by atoms with E-state index in [1.54, 1.807) is 0 Å². The summed E-state index contributed by atoms with van der Waals surface area (Å²) in [4.78, 5) is 4.76. The van der Waals surface area contributed by atoms with Gasteiger partial charge in [-0.25, -0.2) is 0 Å². The minimum absolute atomic E-state index is 0.231. The van der Waals surface area contributed by atoms with Crippen LogP contribution in [0.25, 0.3) is 0 Å². The molecule has 134 valence electrons. The lowest BCUT2D eigenvalue weighted by atomic mass is 10.1. The molecule has 0 saturated carbocycles. The van der Waals surface area contributed by atoms with Crippen molar-refractivity contribution in [1.29, 1.82) is 0 Å². The first kappa shape index (κ1) is 17.7. The van der Waals surface area contributed by atoms with Gasteiger partial charge in [0.2, 0.25) is 0 Å². The van der Waals surface area contributed by atoms with Gasteiger partial charge in [0.25, 0.3) is 0 Å². The fourth-order valence-electron chi connectivity index (χ4n) is 3.55. The zero-order valence-electron chi connectivity index (χ0n) is 14.7. The number of benzene rings is 1. The van der Waals surface area contributed by atoms with E-state index in [1.165, 1.54) is 11.3 Å². The van der Waals surface area contributed by atoms with Gasteiger partial charge in [-0.15, -0.1) is 0 Å². The van der Waals surface area contributed by atoms with Crippen LogP contribution in [-0.4, -0.2) is 74.8 Å². The minimum Gasteiger partial charge on any atom is -0.389 e. The first-order valence-electron chi connectivity index (χ1n) is 9.13. The number of aryl methyl sites for hydroxylation is 1. The van der Waals surface area contributed by atoms with Crippen LogP contribution in [0.4, 0.5) is 5.69 Å². The predicted octanol–water partition coefficient (Wildman–Crippen LogP) is 1.67. The average molecular weight is 334 g/mol. The third kappa shape index (κ3) is 4.93. The van der Waals surface area contributed by atoms with Crippen molar-refractivity contribution in [1.82, 2.24) is 4.90 Å². The number of anilines is 1. The molecule has 2 fully saturated rings. The Bertz CT molecular complexity index is 497. The largest absolute Gasteiger partial charge is 0.389 e. The van der Waals surface area contributed by atoms with Gasteiger partial charge in [0.15, 0.2) is 0 Å². The Hall–Kier alpha value is -1.14. The SMILES string of the molecule is Cc1ccccc1N1CCN(CC(O)COCC2CCCO2)CC1. The predicted molar refractivity (Wildman–Crippen MR) is 95.6 cm³/mol. The van der Waals surface area contributed by atoms with E-state index in [0.717, 1.165) is 45.6 Å². The Labute approximate surface area is 145 Å². The zero-order valence-corrected chi connectivity index (χ0v) is 14.7. The van der Waals surface area contributed by atoms with Crippen molar-refractivity contribution in [2.45, 2.75) is 32.0 Å². The maximum absolute atomic E-state index is 10.2. The number of β-amino-alcohol motifs (C(OH)–C–C–N with tert-alkyl or cyclic N) is 1. The van der Waals surface area contributed by atoms with Crippen molar-refractivity contribution < 1.29 is 14.6 Å². The Morgan fingerprint density at radius 1 is 1.25 bits per heavy atom. The molecule has 0 amide bonds. The molecule has 0 spiro atoms. The second-order valence-corrected chi connectivity index (χ2v) is 6.90. The van der Waals surface area contributed by atoms with E-state index in [9.17, 15) is 5.11 Å². The van der Waals surface area contributed by atoms with Crippen LogP contribution in [0.5, 0.6) is 0 Å². The Morgan fingerprint density at radius 2 is 2.04 bits per heavy atom. The van der Waals surface area contributed by atoms with Crippen LogP contribution >= 0.6 is 0 Å². The van der Waals surface area contributed by atoms with Gasteiger partial charge < -0.3 is 19.5 Å². The summed E-state index contributed by atoms with van der Waals surface area (Å²) in [6, 6.07) is 8.54. The topological polar surface area (TPSA) is 45.2 Å². The van der Waals surface area contributed by atoms with Gasteiger partial charge in [-0.3, -0.25) is 4.90 Å². The molecule has 2 atom stereocenters. The van der Waals surface area contributed by atoms with E-state index in [4.69, 9.17) is 9.47 Å². The maximum Gasteiger partial charge on any atom is 0.0900 e. The first-order valence-corrected chi connectivity index (χ1v) is 9.13. The molecule has 0 radical (unpaired) electrons. The van der Waals surface area contributed by atoms with Crippen molar-refractivity contribution in [2.75, 3.05) is 57.4 Å². The molecule has 5 heteroatoms. The van der Waals surface area contributed by atoms with Crippen LogP contribution in [0.2, 0.25) is 0 Å². The molecule has 24 heavy (non-hydrogen) atoms. The van der Waals surface area contributed by atoms with Crippen LogP contribution in [0.1, 0.15) is 18.4 Å². The summed E-state index contributed by atoms with van der Waals surface area (Å²) < 4.78 is 11.1. The van der Waals surface area contributed by atoms with Crippen LogP contribution in [0.15, 0.2) is 24.3 Å². The highest BCUT2D eigenvalue weighted by Gasteiger charge is 2.21. The number of aliphatic hydroxyl groups is 1. The summed E-state index contributed by atoms with van der Waals surface area (Å²) in [5.41, 5.74) is 2.66. The number of nitrogens with zero attached hydrogens (tertiary/aromatic N) is 2. The molecule has 0 aliphatic carbocycles. The molecular weight excluding hydrogens is 304 g/mol. The molecule has 1 aromatic carbocycles. The second-order valence-electron chi connectivity index (χ2n) is 6.90. The third-order valence-corrected chi connectivity index (χ3v) is 4.94. The lowest BCUT2D eigenvalue weighted by molar-refractivity contribution is -0.0254. The second kappa shape index (κ2) is 8.81. The summed E-state index contributed by atoms with van der Waals surface area (Å²) >= 11 is 0. The van der Waals surface area contributed by atoms with Crippen LogP contribution in [0, 0.1) is 6.92 Å². The molecule has 1 aromatic rings. The highest BCUT2D eigenvalue weighted by molar-refractivity contribution is 5.53. The van der Waals surface area contributed by atoms with E-state index >= 15 is 0 Å². The number of hydrogen-bond donors (Lipinski definition) is 1. The highest BCUT2D eigenvalue weighted by atomic mass is 16.5. The van der Waals surface area contributed by atoms with Gasteiger partial charge in [0, 0.05) is 45.0 Å². The van der Waals surface area contributed by atoms with Crippen molar-refractivity contribution in [2.24, 2.45) is 0 Å². The van der Waals surface area contributed by atoms with E-state index in [0.29, 0.717) is 19.8 Å². The molecule has 3 rings (SSSR count). The van der Waals surface area contributed by atoms with Gasteiger partial charge in [-0.2, -0.15) is 0 Å². The normalized spacial score (nSPS) is 23.6. The average Bonchev–Trinajstić information content (AvgIpc) is 3.10. The number of hydrogen-bond acceptors (Lipinski definition) is 5. The third-order valence-electron chi connectivity index (χ3n) is 4.94. The van der Waals surface area contributed by atoms with E-state index in [2.05, 4.69) is 41.0 Å². The van der Waals surface area contributed by atoms with E-state index in [1.807, 2.05) is 0 Å². The number of para-hydroxylation sites is 1. The van der Waals surface area contributed by atoms with Crippen molar-refractivity contribution >= 4 is 5.69 Å². The summed E-state index contributed by atoms with van der Waals surface area (Å²) in [7, 11) is 0. The Morgan fingerprint density at radius 3 is 2.75 bits per heavy atom. The van der Waals surface area contributed by atoms with Crippen LogP contribution < -0.4 is 4.90 Å². The summed E-state index contributed by atoms with van der Waals surface area (Å²) in [6.07, 6.45) is 2.02. The number of piperazine rings is 1. The molecule has 0 aromatic heterocycles. The quantitative estimate of drug-likeness (QED) is 0.822. The standard InChI is InChI=1S/C19H30N2O3/c1-16-5-2-3-7-19(16)21-10-8-20(9-11-21)13-17(22)14-23-15-18-6-4-12-24-18/h2-3,5,7,17-18,22H,4,6,8-15H2,1H3. The number of ether oxygens (including phenoxy) is 2. The first-order chi connectivity index (χ1) is 11.7. The van der Waals surface area contributed by atoms with Crippen LogP contribution in [-0.2, 0) is 9.47 Å². The number of aliphatic hydroxyl groups excluding tert-OH is 1. The summed E-state index contributed by atoms with van der Waals surface area (Å²) in [6.45, 7) is 8.69. The molecule has 2 aliphatic heterocycles. The molecule has 2 aliphatic rings.